The molecule has 1 fully saturated rings. The summed E-state index contributed by atoms with van der Waals surface area (Å²) in [6.45, 7) is 3.56. The molecule has 1 aromatic heterocycles. The van der Waals surface area contributed by atoms with Gasteiger partial charge in [0.25, 0.3) is 0 Å². The van der Waals surface area contributed by atoms with Crippen LogP contribution in [-0.2, 0) is 11.3 Å². The number of methoxy groups -OCH3 is 1. The first kappa shape index (κ1) is 23.4. The van der Waals surface area contributed by atoms with Crippen molar-refractivity contribution >= 4 is 34.1 Å². The Morgan fingerprint density at radius 1 is 1.24 bits per heavy atom. The molecule has 1 amide bonds. The first-order chi connectivity index (χ1) is 16.0. The van der Waals surface area contributed by atoms with Crippen molar-refractivity contribution in [2.75, 3.05) is 19.0 Å². The van der Waals surface area contributed by atoms with E-state index in [1.807, 2.05) is 59.6 Å². The second-order valence-electron chi connectivity index (χ2n) is 8.95. The van der Waals surface area contributed by atoms with Crippen LogP contribution in [0.3, 0.4) is 0 Å². The lowest BCUT2D eigenvalue weighted by atomic mass is 9.84. The molecule has 0 aliphatic heterocycles. The van der Waals surface area contributed by atoms with Crippen molar-refractivity contribution in [1.29, 1.82) is 0 Å². The first-order valence-electron chi connectivity index (χ1n) is 11.8. The van der Waals surface area contributed by atoms with Gasteiger partial charge in [0, 0.05) is 47.7 Å². The van der Waals surface area contributed by atoms with E-state index in [0.29, 0.717) is 12.5 Å². The van der Waals surface area contributed by atoms with E-state index in [0.717, 1.165) is 71.6 Å². The summed E-state index contributed by atoms with van der Waals surface area (Å²) in [6, 6.07) is 16.0. The molecule has 1 saturated carbocycles. The van der Waals surface area contributed by atoms with E-state index in [-0.39, 0.29) is 12.0 Å². The first-order valence-corrected chi connectivity index (χ1v) is 12.1. The third-order valence-corrected chi connectivity index (χ3v) is 6.69. The molecule has 0 spiro atoms. The van der Waals surface area contributed by atoms with Gasteiger partial charge in [-0.25, -0.2) is 0 Å². The number of pyridine rings is 1. The number of hydrogen-bond donors (Lipinski definition) is 1. The molecule has 4 rings (SSSR count). The van der Waals surface area contributed by atoms with Gasteiger partial charge in [-0.2, -0.15) is 0 Å². The van der Waals surface area contributed by atoms with Crippen LogP contribution in [0.1, 0.15) is 44.6 Å². The Bertz CT molecular complexity index is 1080. The molecule has 33 heavy (non-hydrogen) atoms. The van der Waals surface area contributed by atoms with Crippen molar-refractivity contribution in [2.24, 2.45) is 5.92 Å². The lowest BCUT2D eigenvalue weighted by Crippen LogP contribution is -2.39. The molecule has 6 heteroatoms. The third kappa shape index (κ3) is 5.97. The van der Waals surface area contributed by atoms with Crippen LogP contribution in [0.2, 0.25) is 5.02 Å². The van der Waals surface area contributed by atoms with Gasteiger partial charge in [-0.1, -0.05) is 36.2 Å². The number of carbonyl (C=O) groups is 1. The second-order valence-corrected chi connectivity index (χ2v) is 9.39. The summed E-state index contributed by atoms with van der Waals surface area (Å²) in [5, 5.41) is 5.37. The van der Waals surface area contributed by atoms with Crippen molar-refractivity contribution < 1.29 is 9.53 Å². The minimum atomic E-state index is 0.196. The average Bonchev–Trinajstić information content (AvgIpc) is 2.78. The highest BCUT2D eigenvalue weighted by Gasteiger charge is 2.29. The number of aromatic nitrogens is 1. The van der Waals surface area contributed by atoms with Crippen LogP contribution in [0.25, 0.3) is 10.9 Å². The van der Waals surface area contributed by atoms with Crippen LogP contribution >= 0.6 is 11.6 Å². The van der Waals surface area contributed by atoms with Gasteiger partial charge in [-0.05, 0) is 62.4 Å². The summed E-state index contributed by atoms with van der Waals surface area (Å²) in [7, 11) is 1.68. The number of rotatable bonds is 10. The Labute approximate surface area is 201 Å². The fraction of sp³-hybridized carbons (Fsp3) is 0.407. The smallest absolute Gasteiger partial charge is 0.225 e. The van der Waals surface area contributed by atoms with Gasteiger partial charge in [0.15, 0.2) is 0 Å². The predicted molar refractivity (Wildman–Crippen MR) is 135 cm³/mol. The molecule has 1 atom stereocenters. The Balaban J connectivity index is 1.38. The topological polar surface area (TPSA) is 54.5 Å². The highest BCUT2D eigenvalue weighted by Crippen LogP contribution is 2.30. The zero-order valence-electron chi connectivity index (χ0n) is 19.4. The van der Waals surface area contributed by atoms with E-state index >= 15 is 0 Å². The standard InChI is InChI=1S/C27H32ClN3O2/c1-19(30-25-17-24(33-2)16-22-9-4-14-29-26(22)25)6-5-15-31(27(32)21-7-3-8-21)18-20-10-12-23(28)13-11-20/h4,9-14,16-17,19,21,30H,3,5-8,15,18H2,1-2H3. The van der Waals surface area contributed by atoms with Gasteiger partial charge in [-0.15, -0.1) is 0 Å². The molecule has 1 N–H and O–H groups in total. The van der Waals surface area contributed by atoms with E-state index < -0.39 is 0 Å². The molecule has 3 aromatic rings. The van der Waals surface area contributed by atoms with E-state index in [4.69, 9.17) is 16.3 Å². The Hall–Kier alpha value is -2.79. The molecule has 0 saturated heterocycles. The molecule has 2 aromatic carbocycles. The number of benzene rings is 2. The minimum Gasteiger partial charge on any atom is -0.497 e. The van der Waals surface area contributed by atoms with Crippen molar-refractivity contribution in [3.05, 3.63) is 65.3 Å². The van der Waals surface area contributed by atoms with Crippen molar-refractivity contribution in [3.63, 3.8) is 0 Å². The highest BCUT2D eigenvalue weighted by atomic mass is 35.5. The second kappa shape index (κ2) is 10.9. The number of fused-ring (bicyclic) bond motifs is 1. The number of nitrogens with zero attached hydrogens (tertiary/aromatic N) is 2. The number of amides is 1. The molecular weight excluding hydrogens is 434 g/mol. The maximum atomic E-state index is 13.0. The summed E-state index contributed by atoms with van der Waals surface area (Å²) >= 11 is 6.03. The van der Waals surface area contributed by atoms with Gasteiger partial charge >= 0.3 is 0 Å². The van der Waals surface area contributed by atoms with Crippen LogP contribution in [-0.4, -0.2) is 35.5 Å². The molecule has 1 unspecified atom stereocenters. The average molecular weight is 466 g/mol. The summed E-state index contributed by atoms with van der Waals surface area (Å²) in [5.41, 5.74) is 3.03. The molecule has 5 nitrogen and oxygen atoms in total. The molecule has 0 bridgehead atoms. The maximum absolute atomic E-state index is 13.0. The molecule has 174 valence electrons. The zero-order valence-corrected chi connectivity index (χ0v) is 20.1. The molecular formula is C27H32ClN3O2. The fourth-order valence-corrected chi connectivity index (χ4v) is 4.44. The quantitative estimate of drug-likeness (QED) is 0.381. The summed E-state index contributed by atoms with van der Waals surface area (Å²) < 4.78 is 5.47. The van der Waals surface area contributed by atoms with Gasteiger partial charge in [-0.3, -0.25) is 9.78 Å². The number of anilines is 1. The van der Waals surface area contributed by atoms with Crippen LogP contribution in [0.5, 0.6) is 5.75 Å². The van der Waals surface area contributed by atoms with Gasteiger partial charge in [0.05, 0.1) is 18.3 Å². The van der Waals surface area contributed by atoms with Crippen LogP contribution in [0.4, 0.5) is 5.69 Å². The molecule has 1 heterocycles. The van der Waals surface area contributed by atoms with E-state index in [9.17, 15) is 4.79 Å². The number of ether oxygens (including phenoxy) is 1. The lowest BCUT2D eigenvalue weighted by molar-refractivity contribution is -0.138. The number of hydrogen-bond acceptors (Lipinski definition) is 4. The number of carbonyl (C=O) groups excluding carboxylic acids is 1. The fourth-order valence-electron chi connectivity index (χ4n) is 4.31. The van der Waals surface area contributed by atoms with Crippen molar-refractivity contribution in [1.82, 2.24) is 9.88 Å². The lowest BCUT2D eigenvalue weighted by Gasteiger charge is -2.32. The summed E-state index contributed by atoms with van der Waals surface area (Å²) in [6.07, 6.45) is 6.88. The normalized spacial score (nSPS) is 14.5. The number of halogens is 1. The predicted octanol–water partition coefficient (Wildman–Crippen LogP) is 6.31. The monoisotopic (exact) mass is 465 g/mol. The van der Waals surface area contributed by atoms with Crippen LogP contribution < -0.4 is 10.1 Å². The van der Waals surface area contributed by atoms with Crippen LogP contribution in [0.15, 0.2) is 54.7 Å². The Morgan fingerprint density at radius 3 is 2.73 bits per heavy atom. The SMILES string of the molecule is COc1cc(NC(C)CCCN(Cc2ccc(Cl)cc2)C(=O)C2CCC2)c2ncccc2c1. The highest BCUT2D eigenvalue weighted by molar-refractivity contribution is 6.30. The van der Waals surface area contributed by atoms with Crippen molar-refractivity contribution in [2.45, 2.75) is 51.6 Å². The Morgan fingerprint density at radius 2 is 2.03 bits per heavy atom. The molecule has 1 aliphatic carbocycles. The minimum absolute atomic E-state index is 0.196. The summed E-state index contributed by atoms with van der Waals surface area (Å²) in [5.74, 6) is 1.30. The Kier molecular flexibility index (Phi) is 7.71. The van der Waals surface area contributed by atoms with E-state index in [1.165, 1.54) is 0 Å². The molecule has 0 radical (unpaired) electrons. The van der Waals surface area contributed by atoms with Gasteiger partial charge in [0.2, 0.25) is 5.91 Å². The maximum Gasteiger partial charge on any atom is 0.225 e. The van der Waals surface area contributed by atoms with Gasteiger partial charge < -0.3 is 15.0 Å². The van der Waals surface area contributed by atoms with Crippen LogP contribution in [0, 0.1) is 5.92 Å². The molecule has 1 aliphatic rings. The van der Waals surface area contributed by atoms with Gasteiger partial charge in [0.1, 0.15) is 5.75 Å². The largest absolute Gasteiger partial charge is 0.497 e. The summed E-state index contributed by atoms with van der Waals surface area (Å²) in [4.78, 5) is 19.6. The number of nitrogens with one attached hydrogen (secondary N) is 1. The van der Waals surface area contributed by atoms with E-state index in [2.05, 4.69) is 17.2 Å². The zero-order chi connectivity index (χ0) is 23.2. The third-order valence-electron chi connectivity index (χ3n) is 6.43. The van der Waals surface area contributed by atoms with E-state index in [1.54, 1.807) is 7.11 Å². The van der Waals surface area contributed by atoms with Crippen molar-refractivity contribution in [3.8, 4) is 5.75 Å².